The second-order valence-electron chi connectivity index (χ2n) is 2.73. The molecule has 0 amide bonds. The van der Waals surface area contributed by atoms with Gasteiger partial charge in [-0.1, -0.05) is 30.7 Å². The van der Waals surface area contributed by atoms with E-state index < -0.39 is 5.82 Å². The molecule has 0 aromatic heterocycles. The zero-order chi connectivity index (χ0) is 9.14. The zero-order valence-corrected chi connectivity index (χ0v) is 7.48. The van der Waals surface area contributed by atoms with Crippen LogP contribution >= 0.6 is 11.6 Å². The fourth-order valence-corrected chi connectivity index (χ4v) is 1.31. The molecule has 0 spiro atoms. The topological polar surface area (TPSA) is 20.2 Å². The first kappa shape index (κ1) is 9.49. The van der Waals surface area contributed by atoms with Gasteiger partial charge in [0.15, 0.2) is 0 Å². The summed E-state index contributed by atoms with van der Waals surface area (Å²) in [6.45, 7) is 1.77. The van der Waals surface area contributed by atoms with Crippen molar-refractivity contribution in [3.05, 3.63) is 34.6 Å². The van der Waals surface area contributed by atoms with Crippen LogP contribution in [0.1, 0.15) is 18.4 Å². The highest BCUT2D eigenvalue weighted by Crippen LogP contribution is 2.26. The molecule has 66 valence electrons. The number of halogens is 2. The van der Waals surface area contributed by atoms with Gasteiger partial charge in [0.1, 0.15) is 5.82 Å². The molecular formula is C9H10ClFO. The van der Waals surface area contributed by atoms with Crippen molar-refractivity contribution < 1.29 is 9.50 Å². The Morgan fingerprint density at radius 1 is 1.58 bits per heavy atom. The minimum Gasteiger partial charge on any atom is -0.396 e. The normalized spacial score (nSPS) is 13.0. The second-order valence-corrected chi connectivity index (χ2v) is 3.10. The van der Waals surface area contributed by atoms with Crippen molar-refractivity contribution in [1.82, 2.24) is 0 Å². The predicted molar refractivity (Wildman–Crippen MR) is 46.9 cm³/mol. The summed E-state index contributed by atoms with van der Waals surface area (Å²) in [6.07, 6.45) is 0. The average Bonchev–Trinajstić information content (AvgIpc) is 2.08. The Morgan fingerprint density at radius 3 is 2.83 bits per heavy atom. The van der Waals surface area contributed by atoms with Crippen molar-refractivity contribution in [2.75, 3.05) is 6.61 Å². The van der Waals surface area contributed by atoms with Crippen molar-refractivity contribution in [2.24, 2.45) is 0 Å². The van der Waals surface area contributed by atoms with E-state index >= 15 is 0 Å². The molecule has 1 rings (SSSR count). The van der Waals surface area contributed by atoms with E-state index in [9.17, 15) is 4.39 Å². The lowest BCUT2D eigenvalue weighted by molar-refractivity contribution is 0.273. The third kappa shape index (κ3) is 1.76. The Hall–Kier alpha value is -0.600. The minimum absolute atomic E-state index is 0.0246. The maximum atomic E-state index is 12.9. The quantitative estimate of drug-likeness (QED) is 0.757. The molecule has 0 aliphatic heterocycles. The van der Waals surface area contributed by atoms with Crippen LogP contribution in [0.5, 0.6) is 0 Å². The van der Waals surface area contributed by atoms with E-state index in [4.69, 9.17) is 16.7 Å². The predicted octanol–water partition coefficient (Wildman–Crippen LogP) is 2.57. The van der Waals surface area contributed by atoms with E-state index in [1.807, 2.05) is 0 Å². The van der Waals surface area contributed by atoms with E-state index in [-0.39, 0.29) is 17.5 Å². The lowest BCUT2D eigenvalue weighted by Crippen LogP contribution is -2.00. The molecule has 0 radical (unpaired) electrons. The van der Waals surface area contributed by atoms with E-state index in [2.05, 4.69) is 0 Å². The first-order chi connectivity index (χ1) is 5.66. The highest BCUT2D eigenvalue weighted by molar-refractivity contribution is 6.31. The van der Waals surface area contributed by atoms with Gasteiger partial charge in [0.05, 0.1) is 5.02 Å². The molecule has 0 saturated carbocycles. The lowest BCUT2D eigenvalue weighted by Gasteiger charge is -2.10. The van der Waals surface area contributed by atoms with E-state index in [0.717, 1.165) is 0 Å². The summed E-state index contributed by atoms with van der Waals surface area (Å²) in [5.74, 6) is -0.553. The highest BCUT2D eigenvalue weighted by Gasteiger charge is 2.10. The largest absolute Gasteiger partial charge is 0.396 e. The standard InChI is InChI=1S/C9H10ClFO/c1-6(5-12)7-3-2-4-8(11)9(7)10/h2-4,6,12H,5H2,1H3. The number of hydrogen-bond acceptors (Lipinski definition) is 1. The summed E-state index contributed by atoms with van der Waals surface area (Å²) < 4.78 is 12.9. The summed E-state index contributed by atoms with van der Waals surface area (Å²) >= 11 is 5.68. The molecule has 3 heteroatoms. The summed E-state index contributed by atoms with van der Waals surface area (Å²) in [6, 6.07) is 4.60. The molecule has 1 nitrogen and oxygen atoms in total. The van der Waals surface area contributed by atoms with Gasteiger partial charge in [0, 0.05) is 12.5 Å². The second kappa shape index (κ2) is 3.87. The zero-order valence-electron chi connectivity index (χ0n) is 6.72. The van der Waals surface area contributed by atoms with Gasteiger partial charge in [-0.2, -0.15) is 0 Å². The maximum Gasteiger partial charge on any atom is 0.142 e. The molecular weight excluding hydrogens is 179 g/mol. The summed E-state index contributed by atoms with van der Waals surface area (Å²) in [5.41, 5.74) is 0.652. The monoisotopic (exact) mass is 188 g/mol. The Bertz CT molecular complexity index is 275. The van der Waals surface area contributed by atoms with Gasteiger partial charge in [-0.05, 0) is 11.6 Å². The van der Waals surface area contributed by atoms with E-state index in [1.54, 1.807) is 19.1 Å². The molecule has 0 bridgehead atoms. The van der Waals surface area contributed by atoms with Gasteiger partial charge >= 0.3 is 0 Å². The van der Waals surface area contributed by atoms with E-state index in [0.29, 0.717) is 5.56 Å². The number of aliphatic hydroxyl groups excluding tert-OH is 1. The van der Waals surface area contributed by atoms with Crippen molar-refractivity contribution in [2.45, 2.75) is 12.8 Å². The van der Waals surface area contributed by atoms with Gasteiger partial charge < -0.3 is 5.11 Å². The van der Waals surface area contributed by atoms with Gasteiger partial charge in [0.25, 0.3) is 0 Å². The van der Waals surface area contributed by atoms with Crippen LogP contribution in [0, 0.1) is 5.82 Å². The van der Waals surface area contributed by atoms with Crippen molar-refractivity contribution in [3.8, 4) is 0 Å². The molecule has 0 aliphatic rings. The van der Waals surface area contributed by atoms with Gasteiger partial charge in [-0.15, -0.1) is 0 Å². The lowest BCUT2D eigenvalue weighted by atomic mass is 10.0. The van der Waals surface area contributed by atoms with Crippen molar-refractivity contribution in [3.63, 3.8) is 0 Å². The number of hydrogen-bond donors (Lipinski definition) is 1. The summed E-state index contributed by atoms with van der Waals surface area (Å²) in [4.78, 5) is 0. The molecule has 1 N–H and O–H groups in total. The summed E-state index contributed by atoms with van der Waals surface area (Å²) in [5, 5.41) is 8.93. The maximum absolute atomic E-state index is 12.9. The molecule has 0 saturated heterocycles. The number of rotatable bonds is 2. The van der Waals surface area contributed by atoms with Crippen LogP contribution in [0.2, 0.25) is 5.02 Å². The van der Waals surface area contributed by atoms with Gasteiger partial charge in [-0.25, -0.2) is 4.39 Å². The Balaban J connectivity index is 3.07. The molecule has 1 aromatic rings. The Morgan fingerprint density at radius 2 is 2.25 bits per heavy atom. The average molecular weight is 189 g/mol. The van der Waals surface area contributed by atoms with Crippen LogP contribution in [0.15, 0.2) is 18.2 Å². The van der Waals surface area contributed by atoms with Crippen molar-refractivity contribution >= 4 is 11.6 Å². The number of benzene rings is 1. The Labute approximate surface area is 75.8 Å². The molecule has 12 heavy (non-hydrogen) atoms. The molecule has 0 fully saturated rings. The Kier molecular flexibility index (Phi) is 3.06. The fraction of sp³-hybridized carbons (Fsp3) is 0.333. The molecule has 0 aliphatic carbocycles. The van der Waals surface area contributed by atoms with Crippen LogP contribution in [0.3, 0.4) is 0 Å². The highest BCUT2D eigenvalue weighted by atomic mass is 35.5. The van der Waals surface area contributed by atoms with Gasteiger partial charge in [0.2, 0.25) is 0 Å². The molecule has 1 unspecified atom stereocenters. The van der Waals surface area contributed by atoms with Crippen LogP contribution in [-0.4, -0.2) is 11.7 Å². The molecule has 1 atom stereocenters. The fourth-order valence-electron chi connectivity index (χ4n) is 0.999. The van der Waals surface area contributed by atoms with Crippen LogP contribution in [0.4, 0.5) is 4.39 Å². The molecule has 1 aromatic carbocycles. The number of aliphatic hydroxyl groups is 1. The SMILES string of the molecule is CC(CO)c1cccc(F)c1Cl. The first-order valence-corrected chi connectivity index (χ1v) is 4.09. The minimum atomic E-state index is -0.436. The van der Waals surface area contributed by atoms with Crippen molar-refractivity contribution in [1.29, 1.82) is 0 Å². The van der Waals surface area contributed by atoms with Gasteiger partial charge in [-0.3, -0.25) is 0 Å². The third-order valence-corrected chi connectivity index (χ3v) is 2.18. The van der Waals surface area contributed by atoms with E-state index in [1.165, 1.54) is 6.07 Å². The van der Waals surface area contributed by atoms with Crippen LogP contribution in [0.25, 0.3) is 0 Å². The molecule has 0 heterocycles. The third-order valence-electron chi connectivity index (χ3n) is 1.79. The van der Waals surface area contributed by atoms with Crippen LogP contribution in [-0.2, 0) is 0 Å². The first-order valence-electron chi connectivity index (χ1n) is 3.71. The summed E-state index contributed by atoms with van der Waals surface area (Å²) in [7, 11) is 0. The smallest absolute Gasteiger partial charge is 0.142 e. The van der Waals surface area contributed by atoms with Crippen LogP contribution < -0.4 is 0 Å².